The van der Waals surface area contributed by atoms with Gasteiger partial charge in [0.15, 0.2) is 0 Å². The van der Waals surface area contributed by atoms with Crippen LogP contribution in [0, 0.1) is 13.8 Å². The summed E-state index contributed by atoms with van der Waals surface area (Å²) < 4.78 is 26.5. The molecule has 0 aromatic heterocycles. The zero-order chi connectivity index (χ0) is 26.3. The number of anilines is 1. The molecule has 2 amide bonds. The van der Waals surface area contributed by atoms with Gasteiger partial charge < -0.3 is 10.2 Å². The number of carbonyl (C=O) groups is 2. The third kappa shape index (κ3) is 7.59. The number of sulfonamides is 1. The predicted molar refractivity (Wildman–Crippen MR) is 142 cm³/mol. The van der Waals surface area contributed by atoms with Crippen LogP contribution in [0.25, 0.3) is 0 Å². The van der Waals surface area contributed by atoms with Gasteiger partial charge in [-0.25, -0.2) is 8.42 Å². The van der Waals surface area contributed by atoms with Gasteiger partial charge in [-0.1, -0.05) is 54.7 Å². The molecule has 10 heteroatoms. The molecule has 2 aromatic carbocycles. The van der Waals surface area contributed by atoms with E-state index in [1.165, 1.54) is 4.90 Å². The van der Waals surface area contributed by atoms with E-state index in [1.54, 1.807) is 44.2 Å². The molecule has 7 nitrogen and oxygen atoms in total. The monoisotopic (exact) mass is 541 g/mol. The first kappa shape index (κ1) is 28.9. The van der Waals surface area contributed by atoms with E-state index in [1.807, 2.05) is 19.9 Å². The van der Waals surface area contributed by atoms with E-state index in [2.05, 4.69) is 5.32 Å². The van der Waals surface area contributed by atoms with E-state index in [-0.39, 0.29) is 12.5 Å². The summed E-state index contributed by atoms with van der Waals surface area (Å²) in [5, 5.41) is 3.54. The second-order valence-electron chi connectivity index (χ2n) is 8.53. The van der Waals surface area contributed by atoms with E-state index in [0.29, 0.717) is 27.8 Å². The first-order chi connectivity index (χ1) is 16.4. The van der Waals surface area contributed by atoms with Crippen molar-refractivity contribution in [2.75, 3.05) is 23.7 Å². The number of nitrogens with one attached hydrogen (secondary N) is 1. The summed E-state index contributed by atoms with van der Waals surface area (Å²) in [6.07, 6.45) is 2.77. The number of nitrogens with zero attached hydrogens (tertiary/aromatic N) is 2. The number of unbranched alkanes of at least 4 members (excludes halogenated alkanes) is 1. The van der Waals surface area contributed by atoms with Gasteiger partial charge in [-0.2, -0.15) is 0 Å². The molecule has 0 heterocycles. The van der Waals surface area contributed by atoms with Gasteiger partial charge in [0.25, 0.3) is 0 Å². The van der Waals surface area contributed by atoms with Crippen LogP contribution >= 0.6 is 23.2 Å². The summed E-state index contributed by atoms with van der Waals surface area (Å²) in [5.41, 5.74) is 2.54. The van der Waals surface area contributed by atoms with Crippen molar-refractivity contribution in [2.45, 2.75) is 53.1 Å². The molecule has 0 saturated heterocycles. The highest BCUT2D eigenvalue weighted by Gasteiger charge is 2.31. The Labute approximate surface area is 218 Å². The summed E-state index contributed by atoms with van der Waals surface area (Å²) >= 11 is 12.7. The lowest BCUT2D eigenvalue weighted by molar-refractivity contribution is -0.139. The maximum Gasteiger partial charge on any atom is 0.244 e. The summed E-state index contributed by atoms with van der Waals surface area (Å²) in [7, 11) is -3.81. The van der Waals surface area contributed by atoms with Gasteiger partial charge in [-0.05, 0) is 56.5 Å². The average molecular weight is 543 g/mol. The Morgan fingerprint density at radius 2 is 1.66 bits per heavy atom. The van der Waals surface area contributed by atoms with Crippen LogP contribution in [-0.2, 0) is 26.2 Å². The topological polar surface area (TPSA) is 86.8 Å². The van der Waals surface area contributed by atoms with Crippen molar-refractivity contribution in [1.29, 1.82) is 0 Å². The highest BCUT2D eigenvalue weighted by Crippen LogP contribution is 2.28. The van der Waals surface area contributed by atoms with E-state index in [0.717, 1.165) is 34.5 Å². The fourth-order valence-corrected chi connectivity index (χ4v) is 4.99. The second-order valence-corrected chi connectivity index (χ2v) is 11.3. The van der Waals surface area contributed by atoms with Gasteiger partial charge >= 0.3 is 0 Å². The molecule has 0 saturated carbocycles. The fraction of sp³-hybridized carbons (Fsp3) is 0.440. The lowest BCUT2D eigenvalue weighted by Crippen LogP contribution is -2.51. The summed E-state index contributed by atoms with van der Waals surface area (Å²) in [6.45, 7) is 7.24. The minimum Gasteiger partial charge on any atom is -0.354 e. The second kappa shape index (κ2) is 12.6. The Balaban J connectivity index is 2.45. The first-order valence-electron chi connectivity index (χ1n) is 11.4. The molecule has 2 aromatic rings. The molecule has 1 atom stereocenters. The summed E-state index contributed by atoms with van der Waals surface area (Å²) in [5.74, 6) is -0.891. The van der Waals surface area contributed by atoms with E-state index in [9.17, 15) is 18.0 Å². The number of benzene rings is 2. The molecule has 1 N–H and O–H groups in total. The highest BCUT2D eigenvalue weighted by atomic mass is 35.5. The smallest absolute Gasteiger partial charge is 0.244 e. The number of rotatable bonds is 11. The van der Waals surface area contributed by atoms with E-state index in [4.69, 9.17) is 23.2 Å². The van der Waals surface area contributed by atoms with Crippen molar-refractivity contribution in [2.24, 2.45) is 0 Å². The van der Waals surface area contributed by atoms with Crippen molar-refractivity contribution in [3.05, 3.63) is 63.1 Å². The maximum atomic E-state index is 13.6. The SMILES string of the molecule is CCCCNC(=O)[C@@H](C)N(Cc1c(Cl)cccc1Cl)C(=O)CN(c1cccc(C)c1C)S(C)(=O)=O. The Hall–Kier alpha value is -2.29. The van der Waals surface area contributed by atoms with E-state index < -0.39 is 28.5 Å². The molecule has 0 radical (unpaired) electrons. The third-order valence-electron chi connectivity index (χ3n) is 5.91. The van der Waals surface area contributed by atoms with Gasteiger partial charge in [0.05, 0.1) is 11.9 Å². The number of halogens is 2. The Morgan fingerprint density at radius 1 is 1.06 bits per heavy atom. The van der Waals surface area contributed by atoms with Crippen LogP contribution in [0.15, 0.2) is 36.4 Å². The van der Waals surface area contributed by atoms with Crippen LogP contribution in [0.5, 0.6) is 0 Å². The van der Waals surface area contributed by atoms with Crippen molar-refractivity contribution in [3.8, 4) is 0 Å². The van der Waals surface area contributed by atoms with Crippen LogP contribution in [0.3, 0.4) is 0 Å². The van der Waals surface area contributed by atoms with Crippen molar-refractivity contribution < 1.29 is 18.0 Å². The van der Waals surface area contributed by atoms with Gasteiger partial charge in [-0.15, -0.1) is 0 Å². The molecule has 2 rings (SSSR count). The van der Waals surface area contributed by atoms with Crippen LogP contribution in [0.1, 0.15) is 43.4 Å². The standard InChI is InChI=1S/C25H33Cl2N3O4S/c1-6-7-14-28-25(32)19(4)29(15-20-21(26)11-9-12-22(20)27)24(31)16-30(35(5,33)34)23-13-8-10-17(2)18(23)3/h8-13,19H,6-7,14-16H2,1-5H3,(H,28,32)/t19-/m1/s1. The zero-order valence-corrected chi connectivity index (χ0v) is 23.1. The molecule has 0 fully saturated rings. The predicted octanol–water partition coefficient (Wildman–Crippen LogP) is 4.71. The lowest BCUT2D eigenvalue weighted by atomic mass is 10.1. The minimum absolute atomic E-state index is 0.0515. The number of aryl methyl sites for hydroxylation is 1. The minimum atomic E-state index is -3.81. The molecular weight excluding hydrogens is 509 g/mol. The van der Waals surface area contributed by atoms with Crippen LogP contribution < -0.4 is 9.62 Å². The fourth-order valence-electron chi connectivity index (χ4n) is 3.57. The highest BCUT2D eigenvalue weighted by molar-refractivity contribution is 7.92. The molecule has 35 heavy (non-hydrogen) atoms. The molecule has 0 spiro atoms. The van der Waals surface area contributed by atoms with Gasteiger partial charge in [0, 0.05) is 28.7 Å². The van der Waals surface area contributed by atoms with Gasteiger partial charge in [0.1, 0.15) is 12.6 Å². The number of amides is 2. The molecular formula is C25H33Cl2N3O4S. The average Bonchev–Trinajstić information content (AvgIpc) is 2.78. The molecule has 0 bridgehead atoms. The lowest BCUT2D eigenvalue weighted by Gasteiger charge is -2.32. The normalized spacial score (nSPS) is 12.2. The van der Waals surface area contributed by atoms with Gasteiger partial charge in [-0.3, -0.25) is 13.9 Å². The first-order valence-corrected chi connectivity index (χ1v) is 14.0. The molecule has 0 unspecified atom stereocenters. The molecule has 192 valence electrons. The van der Waals surface area contributed by atoms with Crippen LogP contribution in [0.4, 0.5) is 5.69 Å². The van der Waals surface area contributed by atoms with Crippen molar-refractivity contribution in [1.82, 2.24) is 10.2 Å². The summed E-state index contributed by atoms with van der Waals surface area (Å²) in [4.78, 5) is 27.8. The molecule has 0 aliphatic carbocycles. The van der Waals surface area contributed by atoms with E-state index >= 15 is 0 Å². The zero-order valence-electron chi connectivity index (χ0n) is 20.8. The Kier molecular flexibility index (Phi) is 10.4. The third-order valence-corrected chi connectivity index (χ3v) is 7.75. The largest absolute Gasteiger partial charge is 0.354 e. The quantitative estimate of drug-likeness (QED) is 0.417. The molecule has 0 aliphatic heterocycles. The number of carbonyl (C=O) groups excluding carboxylic acids is 2. The summed E-state index contributed by atoms with van der Waals surface area (Å²) in [6, 6.07) is 9.37. The van der Waals surface area contributed by atoms with Crippen molar-refractivity contribution in [3.63, 3.8) is 0 Å². The Bertz CT molecular complexity index is 1150. The number of hydrogen-bond donors (Lipinski definition) is 1. The van der Waals surface area contributed by atoms with Crippen LogP contribution in [0.2, 0.25) is 10.0 Å². The molecule has 0 aliphatic rings. The van der Waals surface area contributed by atoms with Gasteiger partial charge in [0.2, 0.25) is 21.8 Å². The Morgan fingerprint density at radius 3 is 2.23 bits per heavy atom. The maximum absolute atomic E-state index is 13.6. The van der Waals surface area contributed by atoms with Crippen LogP contribution in [-0.4, -0.2) is 50.5 Å². The number of hydrogen-bond acceptors (Lipinski definition) is 4. The van der Waals surface area contributed by atoms with Crippen molar-refractivity contribution >= 4 is 50.7 Å².